The fourth-order valence-corrected chi connectivity index (χ4v) is 3.34. The van der Waals surface area contributed by atoms with Crippen LogP contribution in [0, 0.1) is 0 Å². The monoisotopic (exact) mass is 497 g/mol. The summed E-state index contributed by atoms with van der Waals surface area (Å²) in [6.45, 7) is 3.46. The Morgan fingerprint density at radius 1 is 1.22 bits per heavy atom. The first-order chi connectivity index (χ1) is 12.8. The van der Waals surface area contributed by atoms with Gasteiger partial charge in [-0.3, -0.25) is 9.56 Å². The molecule has 3 aromatic rings. The van der Waals surface area contributed by atoms with E-state index in [1.165, 1.54) is 4.88 Å². The van der Waals surface area contributed by atoms with E-state index in [9.17, 15) is 0 Å². The molecule has 0 bridgehead atoms. The van der Waals surface area contributed by atoms with E-state index in [1.54, 1.807) is 24.7 Å². The molecule has 0 aliphatic carbocycles. The summed E-state index contributed by atoms with van der Waals surface area (Å²) < 4.78 is 1.96. The molecule has 0 aliphatic rings. The van der Waals surface area contributed by atoms with Crippen molar-refractivity contribution in [3.63, 3.8) is 0 Å². The van der Waals surface area contributed by atoms with Crippen LogP contribution in [0.5, 0.6) is 0 Å². The molecular weight excluding hydrogens is 473 g/mol. The molecule has 0 spiro atoms. The van der Waals surface area contributed by atoms with E-state index in [1.807, 2.05) is 41.1 Å². The van der Waals surface area contributed by atoms with Crippen LogP contribution in [0.25, 0.3) is 5.69 Å². The summed E-state index contributed by atoms with van der Waals surface area (Å²) in [5, 5.41) is 16.0. The minimum atomic E-state index is 0. The summed E-state index contributed by atoms with van der Waals surface area (Å²) in [6, 6.07) is 10.0. The predicted octanol–water partition coefficient (Wildman–Crippen LogP) is 2.81. The second kappa shape index (κ2) is 11.0. The molecule has 3 rings (SSSR count). The molecule has 2 heterocycles. The molecule has 2 aromatic heterocycles. The average molecular weight is 497 g/mol. The fourth-order valence-electron chi connectivity index (χ4n) is 2.48. The number of aliphatic imine (C=N–C) groups is 1. The van der Waals surface area contributed by atoms with Crippen molar-refractivity contribution in [3.8, 4) is 5.69 Å². The maximum Gasteiger partial charge on any atom is 0.191 e. The lowest BCUT2D eigenvalue weighted by atomic mass is 10.3. The number of halogens is 1. The minimum Gasteiger partial charge on any atom is -0.356 e. The van der Waals surface area contributed by atoms with Gasteiger partial charge in [-0.25, -0.2) is 4.98 Å². The SMILES string of the molecule is CCc1cnc(CCNC(=NC)NCc2nncn2-c2ccccc2)s1.I. The molecule has 0 radical (unpaired) electrons. The van der Waals surface area contributed by atoms with Crippen molar-refractivity contribution in [2.75, 3.05) is 13.6 Å². The van der Waals surface area contributed by atoms with Gasteiger partial charge in [0.2, 0.25) is 0 Å². The van der Waals surface area contributed by atoms with E-state index >= 15 is 0 Å². The highest BCUT2D eigenvalue weighted by molar-refractivity contribution is 14.0. The van der Waals surface area contributed by atoms with Crippen molar-refractivity contribution < 1.29 is 0 Å². The lowest BCUT2D eigenvalue weighted by molar-refractivity contribution is 0.748. The molecule has 0 atom stereocenters. The van der Waals surface area contributed by atoms with Crippen LogP contribution in [0.1, 0.15) is 22.6 Å². The van der Waals surface area contributed by atoms with Gasteiger partial charge in [0.1, 0.15) is 6.33 Å². The lowest BCUT2D eigenvalue weighted by Crippen LogP contribution is -2.38. The Bertz CT molecular complexity index is 844. The molecule has 1 aromatic carbocycles. The highest BCUT2D eigenvalue weighted by atomic mass is 127. The van der Waals surface area contributed by atoms with Gasteiger partial charge in [0.15, 0.2) is 11.8 Å². The molecule has 0 fully saturated rings. The van der Waals surface area contributed by atoms with Crippen LogP contribution in [-0.2, 0) is 19.4 Å². The molecular formula is C18H24IN7S. The second-order valence-electron chi connectivity index (χ2n) is 5.63. The normalized spacial score (nSPS) is 11.1. The Balaban J connectivity index is 0.00000261. The van der Waals surface area contributed by atoms with Crippen molar-refractivity contribution >= 4 is 41.3 Å². The van der Waals surface area contributed by atoms with Gasteiger partial charge in [0.05, 0.1) is 11.6 Å². The van der Waals surface area contributed by atoms with Crippen molar-refractivity contribution in [2.24, 2.45) is 4.99 Å². The van der Waals surface area contributed by atoms with Crippen LogP contribution in [0.15, 0.2) is 47.8 Å². The maximum atomic E-state index is 4.44. The molecule has 9 heteroatoms. The Labute approximate surface area is 180 Å². The van der Waals surface area contributed by atoms with E-state index < -0.39 is 0 Å². The number of aryl methyl sites for hydroxylation is 1. The van der Waals surface area contributed by atoms with Crippen molar-refractivity contribution in [3.05, 3.63) is 58.6 Å². The van der Waals surface area contributed by atoms with E-state index in [0.29, 0.717) is 6.54 Å². The van der Waals surface area contributed by atoms with Crippen LogP contribution in [0.2, 0.25) is 0 Å². The average Bonchev–Trinajstić information content (AvgIpc) is 3.34. The van der Waals surface area contributed by atoms with Gasteiger partial charge in [-0.1, -0.05) is 25.1 Å². The number of hydrogen-bond acceptors (Lipinski definition) is 5. The summed E-state index contributed by atoms with van der Waals surface area (Å²) in [5.74, 6) is 1.56. The number of guanidine groups is 1. The Morgan fingerprint density at radius 3 is 2.74 bits per heavy atom. The highest BCUT2D eigenvalue weighted by Gasteiger charge is 2.07. The molecule has 0 saturated carbocycles. The molecule has 0 amide bonds. The molecule has 0 saturated heterocycles. The molecule has 27 heavy (non-hydrogen) atoms. The number of hydrogen-bond donors (Lipinski definition) is 2. The van der Waals surface area contributed by atoms with Crippen molar-refractivity contribution in [1.82, 2.24) is 30.4 Å². The summed E-state index contributed by atoms with van der Waals surface area (Å²) in [5.41, 5.74) is 1.03. The lowest BCUT2D eigenvalue weighted by Gasteiger charge is -2.12. The van der Waals surface area contributed by atoms with E-state index in [0.717, 1.165) is 41.9 Å². The minimum absolute atomic E-state index is 0. The third kappa shape index (κ3) is 5.99. The Kier molecular flexibility index (Phi) is 8.65. The number of thiazole rings is 1. The summed E-state index contributed by atoms with van der Waals surface area (Å²) in [6.07, 6.45) is 5.60. The van der Waals surface area contributed by atoms with Gasteiger partial charge in [0.25, 0.3) is 0 Å². The van der Waals surface area contributed by atoms with Crippen LogP contribution < -0.4 is 10.6 Å². The third-order valence-corrected chi connectivity index (χ3v) is 5.07. The smallest absolute Gasteiger partial charge is 0.191 e. The summed E-state index contributed by atoms with van der Waals surface area (Å²) >= 11 is 1.77. The number of nitrogens with zero attached hydrogens (tertiary/aromatic N) is 5. The number of aromatic nitrogens is 4. The largest absolute Gasteiger partial charge is 0.356 e. The summed E-state index contributed by atoms with van der Waals surface area (Å²) in [4.78, 5) is 10.0. The number of benzene rings is 1. The van der Waals surface area contributed by atoms with Crippen LogP contribution in [0.4, 0.5) is 0 Å². The van der Waals surface area contributed by atoms with E-state index in [4.69, 9.17) is 0 Å². The van der Waals surface area contributed by atoms with Crippen LogP contribution in [-0.4, -0.2) is 39.3 Å². The number of nitrogens with one attached hydrogen (secondary N) is 2. The van der Waals surface area contributed by atoms with Gasteiger partial charge in [-0.15, -0.1) is 45.5 Å². The van der Waals surface area contributed by atoms with Crippen LogP contribution in [0.3, 0.4) is 0 Å². The highest BCUT2D eigenvalue weighted by Crippen LogP contribution is 2.13. The molecule has 0 unspecified atom stereocenters. The maximum absolute atomic E-state index is 4.44. The van der Waals surface area contributed by atoms with Gasteiger partial charge < -0.3 is 10.6 Å². The second-order valence-corrected chi connectivity index (χ2v) is 6.83. The van der Waals surface area contributed by atoms with E-state index in [2.05, 4.69) is 37.7 Å². The van der Waals surface area contributed by atoms with Gasteiger partial charge in [0, 0.05) is 36.8 Å². The first-order valence-corrected chi connectivity index (χ1v) is 9.44. The standard InChI is InChI=1S/C18H23N7S.HI/c1-3-15-11-21-17(26-15)9-10-20-18(19-2)22-12-16-24-23-13-25(16)14-7-5-4-6-8-14;/h4-8,11,13H,3,9-10,12H2,1-2H3,(H2,19,20,22);1H. The Hall–Kier alpha value is -2.01. The topological polar surface area (TPSA) is 80.0 Å². The Morgan fingerprint density at radius 2 is 2.04 bits per heavy atom. The zero-order chi connectivity index (χ0) is 18.2. The molecule has 7 nitrogen and oxygen atoms in total. The van der Waals surface area contributed by atoms with E-state index in [-0.39, 0.29) is 24.0 Å². The zero-order valence-corrected chi connectivity index (χ0v) is 18.6. The quantitative estimate of drug-likeness (QED) is 0.298. The zero-order valence-electron chi connectivity index (χ0n) is 15.4. The number of rotatable bonds is 7. The van der Waals surface area contributed by atoms with Crippen molar-refractivity contribution in [2.45, 2.75) is 26.3 Å². The number of para-hydroxylation sites is 1. The first kappa shape index (κ1) is 21.3. The molecule has 144 valence electrons. The van der Waals surface area contributed by atoms with Gasteiger partial charge in [-0.2, -0.15) is 0 Å². The summed E-state index contributed by atoms with van der Waals surface area (Å²) in [7, 11) is 1.76. The van der Waals surface area contributed by atoms with Gasteiger partial charge >= 0.3 is 0 Å². The van der Waals surface area contributed by atoms with Crippen molar-refractivity contribution in [1.29, 1.82) is 0 Å². The van der Waals surface area contributed by atoms with Crippen LogP contribution >= 0.6 is 35.3 Å². The third-order valence-electron chi connectivity index (χ3n) is 3.87. The first-order valence-electron chi connectivity index (χ1n) is 8.62. The molecule has 0 aliphatic heterocycles. The predicted molar refractivity (Wildman–Crippen MR) is 120 cm³/mol. The van der Waals surface area contributed by atoms with Gasteiger partial charge in [-0.05, 0) is 18.6 Å². The molecule has 2 N–H and O–H groups in total. The fraction of sp³-hybridized carbons (Fsp3) is 0.333.